The van der Waals surface area contributed by atoms with Crippen LogP contribution in [0.5, 0.6) is 0 Å². The predicted octanol–water partition coefficient (Wildman–Crippen LogP) is 1.53. The Hall–Kier alpha value is -1.06. The third kappa shape index (κ3) is 2.06. The Morgan fingerprint density at radius 3 is 2.56 bits per heavy atom. The minimum Gasteiger partial charge on any atom is -0.469 e. The monoisotopic (exact) mass is 226 g/mol. The Morgan fingerprint density at radius 2 is 1.94 bits per heavy atom. The predicted molar refractivity (Wildman–Crippen MR) is 56.5 cm³/mol. The van der Waals surface area contributed by atoms with Crippen molar-refractivity contribution in [3.05, 3.63) is 0 Å². The minimum absolute atomic E-state index is 0.0599. The van der Waals surface area contributed by atoms with E-state index in [2.05, 4.69) is 0 Å². The quantitative estimate of drug-likeness (QED) is 0.685. The van der Waals surface area contributed by atoms with Crippen LogP contribution in [-0.2, 0) is 19.1 Å². The highest BCUT2D eigenvalue weighted by Crippen LogP contribution is 2.51. The van der Waals surface area contributed by atoms with Crippen LogP contribution >= 0.6 is 0 Å². The molecule has 2 rings (SSSR count). The van der Waals surface area contributed by atoms with Gasteiger partial charge in [-0.3, -0.25) is 9.59 Å². The molecule has 0 aromatic carbocycles. The van der Waals surface area contributed by atoms with E-state index in [0.717, 1.165) is 19.3 Å². The van der Waals surface area contributed by atoms with E-state index in [1.165, 1.54) is 14.0 Å². The number of hydrogen-bond acceptors (Lipinski definition) is 4. The van der Waals surface area contributed by atoms with Gasteiger partial charge in [0.15, 0.2) is 0 Å². The summed E-state index contributed by atoms with van der Waals surface area (Å²) in [5.74, 6) is 0.731. The Labute approximate surface area is 95.3 Å². The van der Waals surface area contributed by atoms with Crippen LogP contribution < -0.4 is 0 Å². The zero-order chi connectivity index (χ0) is 11.7. The van der Waals surface area contributed by atoms with Gasteiger partial charge in [-0.1, -0.05) is 0 Å². The Kier molecular flexibility index (Phi) is 3.17. The standard InChI is InChI=1S/C12H18O4/c1-7(13)16-12-9-4-3-8(5-9)10(12)6-11(14)15-2/h8-10,12H,3-6H2,1-2H3. The highest BCUT2D eigenvalue weighted by atomic mass is 16.5. The molecule has 2 bridgehead atoms. The Morgan fingerprint density at radius 1 is 1.25 bits per heavy atom. The van der Waals surface area contributed by atoms with Crippen molar-refractivity contribution in [3.63, 3.8) is 0 Å². The molecule has 0 aliphatic heterocycles. The molecule has 0 amide bonds. The smallest absolute Gasteiger partial charge is 0.305 e. The van der Waals surface area contributed by atoms with E-state index in [4.69, 9.17) is 9.47 Å². The van der Waals surface area contributed by atoms with Gasteiger partial charge in [0.2, 0.25) is 0 Å². The topological polar surface area (TPSA) is 52.6 Å². The molecule has 4 heteroatoms. The second kappa shape index (κ2) is 4.44. The summed E-state index contributed by atoms with van der Waals surface area (Å²) < 4.78 is 10.1. The molecule has 90 valence electrons. The van der Waals surface area contributed by atoms with Crippen molar-refractivity contribution in [1.29, 1.82) is 0 Å². The minimum atomic E-state index is -0.243. The number of esters is 2. The molecule has 2 aliphatic rings. The molecule has 16 heavy (non-hydrogen) atoms. The lowest BCUT2D eigenvalue weighted by atomic mass is 9.84. The van der Waals surface area contributed by atoms with E-state index in [1.54, 1.807) is 0 Å². The van der Waals surface area contributed by atoms with E-state index >= 15 is 0 Å². The summed E-state index contributed by atoms with van der Waals surface area (Å²) in [7, 11) is 1.40. The van der Waals surface area contributed by atoms with Gasteiger partial charge in [0, 0.05) is 12.8 Å². The average molecular weight is 226 g/mol. The first-order valence-corrected chi connectivity index (χ1v) is 5.86. The van der Waals surface area contributed by atoms with E-state index in [-0.39, 0.29) is 24.0 Å². The molecular formula is C12H18O4. The van der Waals surface area contributed by atoms with Crippen LogP contribution in [-0.4, -0.2) is 25.2 Å². The molecule has 0 spiro atoms. The van der Waals surface area contributed by atoms with Crippen molar-refractivity contribution in [2.45, 2.75) is 38.7 Å². The average Bonchev–Trinajstić information content (AvgIpc) is 2.80. The number of carbonyl (C=O) groups is 2. The zero-order valence-corrected chi connectivity index (χ0v) is 9.77. The SMILES string of the molecule is COC(=O)CC1C2CCC(C2)C1OC(C)=O. The third-order valence-corrected chi connectivity index (χ3v) is 3.94. The fourth-order valence-corrected chi connectivity index (χ4v) is 3.29. The summed E-state index contributed by atoms with van der Waals surface area (Å²) in [6.45, 7) is 1.43. The first-order chi connectivity index (χ1) is 7.61. The Balaban J connectivity index is 2.02. The molecule has 0 N–H and O–H groups in total. The number of ether oxygens (including phenoxy) is 2. The fraction of sp³-hybridized carbons (Fsp3) is 0.833. The van der Waals surface area contributed by atoms with Crippen LogP contribution in [0.25, 0.3) is 0 Å². The number of carbonyl (C=O) groups excluding carboxylic acids is 2. The summed E-state index contributed by atoms with van der Waals surface area (Å²) in [5.41, 5.74) is 0. The van der Waals surface area contributed by atoms with Gasteiger partial charge >= 0.3 is 11.9 Å². The van der Waals surface area contributed by atoms with Crippen molar-refractivity contribution in [1.82, 2.24) is 0 Å². The van der Waals surface area contributed by atoms with Gasteiger partial charge in [0.1, 0.15) is 6.10 Å². The largest absolute Gasteiger partial charge is 0.469 e. The van der Waals surface area contributed by atoms with E-state index in [9.17, 15) is 9.59 Å². The number of methoxy groups -OCH3 is 1. The van der Waals surface area contributed by atoms with Crippen LogP contribution in [0.15, 0.2) is 0 Å². The second-order valence-corrected chi connectivity index (χ2v) is 4.85. The Bertz CT molecular complexity index is 299. The van der Waals surface area contributed by atoms with E-state index in [1.807, 2.05) is 0 Å². The molecule has 2 fully saturated rings. The van der Waals surface area contributed by atoms with Crippen molar-refractivity contribution in [2.24, 2.45) is 17.8 Å². The van der Waals surface area contributed by atoms with Gasteiger partial charge in [-0.2, -0.15) is 0 Å². The summed E-state index contributed by atoms with van der Waals surface area (Å²) in [6.07, 6.45) is 3.70. The molecule has 2 aliphatic carbocycles. The van der Waals surface area contributed by atoms with Gasteiger partial charge < -0.3 is 9.47 Å². The van der Waals surface area contributed by atoms with Gasteiger partial charge in [-0.15, -0.1) is 0 Å². The van der Waals surface area contributed by atoms with Crippen molar-refractivity contribution in [3.8, 4) is 0 Å². The zero-order valence-electron chi connectivity index (χ0n) is 9.77. The van der Waals surface area contributed by atoms with Crippen LogP contribution in [0, 0.1) is 17.8 Å². The van der Waals surface area contributed by atoms with Crippen molar-refractivity contribution in [2.75, 3.05) is 7.11 Å². The van der Waals surface area contributed by atoms with Gasteiger partial charge in [0.25, 0.3) is 0 Å². The molecule has 4 unspecified atom stereocenters. The molecule has 2 saturated carbocycles. The van der Waals surface area contributed by atoms with Crippen LogP contribution in [0.1, 0.15) is 32.6 Å². The molecule has 4 nitrogen and oxygen atoms in total. The summed E-state index contributed by atoms with van der Waals surface area (Å²) in [5, 5.41) is 0. The second-order valence-electron chi connectivity index (χ2n) is 4.85. The molecule has 0 saturated heterocycles. The summed E-state index contributed by atoms with van der Waals surface area (Å²) in [4.78, 5) is 22.4. The van der Waals surface area contributed by atoms with E-state index in [0.29, 0.717) is 18.3 Å². The molecule has 0 aromatic heterocycles. The van der Waals surface area contributed by atoms with Crippen LogP contribution in [0.2, 0.25) is 0 Å². The first kappa shape index (κ1) is 11.4. The normalized spacial score (nSPS) is 36.1. The maximum atomic E-state index is 11.3. The molecule has 4 atom stereocenters. The molecule has 0 aromatic rings. The number of rotatable bonds is 3. The van der Waals surface area contributed by atoms with Crippen LogP contribution in [0.3, 0.4) is 0 Å². The van der Waals surface area contributed by atoms with Crippen LogP contribution in [0.4, 0.5) is 0 Å². The number of fused-ring (bicyclic) bond motifs is 2. The van der Waals surface area contributed by atoms with Crippen molar-refractivity contribution < 1.29 is 19.1 Å². The molecule has 0 heterocycles. The third-order valence-electron chi connectivity index (χ3n) is 3.94. The lowest BCUT2D eigenvalue weighted by Gasteiger charge is -2.29. The number of hydrogen-bond donors (Lipinski definition) is 0. The molecular weight excluding hydrogens is 208 g/mol. The van der Waals surface area contributed by atoms with Gasteiger partial charge in [-0.25, -0.2) is 0 Å². The van der Waals surface area contributed by atoms with E-state index < -0.39 is 0 Å². The van der Waals surface area contributed by atoms with Crippen molar-refractivity contribution >= 4 is 11.9 Å². The first-order valence-electron chi connectivity index (χ1n) is 5.86. The summed E-state index contributed by atoms with van der Waals surface area (Å²) >= 11 is 0. The highest BCUT2D eigenvalue weighted by Gasteiger charge is 2.50. The lowest BCUT2D eigenvalue weighted by Crippen LogP contribution is -2.33. The van der Waals surface area contributed by atoms with Gasteiger partial charge in [0.05, 0.1) is 13.5 Å². The summed E-state index contributed by atoms with van der Waals surface area (Å²) in [6, 6.07) is 0. The van der Waals surface area contributed by atoms with Gasteiger partial charge in [-0.05, 0) is 31.1 Å². The molecule has 0 radical (unpaired) electrons. The highest BCUT2D eigenvalue weighted by molar-refractivity contribution is 5.70. The fourth-order valence-electron chi connectivity index (χ4n) is 3.29. The maximum absolute atomic E-state index is 11.3. The lowest BCUT2D eigenvalue weighted by molar-refractivity contribution is -0.155. The maximum Gasteiger partial charge on any atom is 0.305 e.